The van der Waals surface area contributed by atoms with Crippen LogP contribution >= 0.6 is 25.3 Å². The summed E-state index contributed by atoms with van der Waals surface area (Å²) in [5, 5.41) is 0. The van der Waals surface area contributed by atoms with Crippen LogP contribution in [0.5, 0.6) is 11.5 Å². The second-order valence-electron chi connectivity index (χ2n) is 11.8. The van der Waals surface area contributed by atoms with Gasteiger partial charge in [0.2, 0.25) is 0 Å². The van der Waals surface area contributed by atoms with Gasteiger partial charge in [-0.1, -0.05) is 154 Å². The van der Waals surface area contributed by atoms with Gasteiger partial charge in [0, 0.05) is 9.81 Å². The lowest BCUT2D eigenvalue weighted by Crippen LogP contribution is -1.97. The molecule has 236 valence electrons. The van der Waals surface area contributed by atoms with Crippen molar-refractivity contribution in [3.8, 4) is 11.5 Å². The zero-order valence-electron chi connectivity index (χ0n) is 26.9. The molecule has 0 atom stereocenters. The van der Waals surface area contributed by atoms with Crippen molar-refractivity contribution in [3.63, 3.8) is 0 Å². The normalized spacial score (nSPS) is 11.9. The summed E-state index contributed by atoms with van der Waals surface area (Å²) >= 11 is 9.58. The number of unbranched alkanes of at least 4 members (excludes halogenated alkanes) is 18. The second-order valence-corrected chi connectivity index (χ2v) is 12.7. The van der Waals surface area contributed by atoms with Crippen LogP contribution in [0.4, 0.5) is 0 Å². The third-order valence-electron chi connectivity index (χ3n) is 8.01. The Morgan fingerprint density at radius 1 is 0.405 bits per heavy atom. The lowest BCUT2D eigenvalue weighted by atomic mass is 10.1. The molecule has 0 bridgehead atoms. The second kappa shape index (κ2) is 24.9. The topological polar surface area (TPSA) is 18.5 Å². The van der Waals surface area contributed by atoms with E-state index in [0.29, 0.717) is 0 Å². The lowest BCUT2D eigenvalue weighted by Gasteiger charge is -2.11. The zero-order valence-corrected chi connectivity index (χ0v) is 28.7. The minimum absolute atomic E-state index is 0.783. The van der Waals surface area contributed by atoms with Crippen LogP contribution in [0.25, 0.3) is 9.81 Å². The highest BCUT2D eigenvalue weighted by Crippen LogP contribution is 2.33. The van der Waals surface area contributed by atoms with Crippen molar-refractivity contribution in [3.05, 3.63) is 59.7 Å². The molecule has 2 rings (SSSR count). The first kappa shape index (κ1) is 36.7. The number of hydrogen-bond acceptors (Lipinski definition) is 4. The fraction of sp³-hybridized carbons (Fsp3) is 0.632. The maximum Gasteiger partial charge on any atom is 0.119 e. The molecule has 0 saturated carbocycles. The molecule has 0 amide bonds. The van der Waals surface area contributed by atoms with Gasteiger partial charge in [-0.3, -0.25) is 0 Å². The third kappa shape index (κ3) is 16.9. The van der Waals surface area contributed by atoms with E-state index in [1.807, 2.05) is 24.3 Å². The van der Waals surface area contributed by atoms with E-state index < -0.39 is 0 Å². The fourth-order valence-corrected chi connectivity index (χ4v) is 5.81. The molecule has 0 radical (unpaired) electrons. The minimum Gasteiger partial charge on any atom is -0.494 e. The van der Waals surface area contributed by atoms with Gasteiger partial charge in [0.05, 0.1) is 13.2 Å². The van der Waals surface area contributed by atoms with Gasteiger partial charge in [-0.05, 0) is 48.2 Å². The van der Waals surface area contributed by atoms with E-state index in [9.17, 15) is 0 Å². The minimum atomic E-state index is 0.783. The molecule has 0 fully saturated rings. The maximum atomic E-state index is 5.98. The largest absolute Gasteiger partial charge is 0.494 e. The summed E-state index contributed by atoms with van der Waals surface area (Å²) in [4.78, 5) is 1.72. The van der Waals surface area contributed by atoms with E-state index >= 15 is 0 Å². The highest BCUT2D eigenvalue weighted by Gasteiger charge is 2.07. The smallest absolute Gasteiger partial charge is 0.119 e. The molecule has 0 spiro atoms. The number of hydrogen-bond donors (Lipinski definition) is 2. The molecule has 2 nitrogen and oxygen atoms in total. The summed E-state index contributed by atoms with van der Waals surface area (Å²) in [5.74, 6) is 1.83. The SMILES string of the molecule is CCCCCCCCCCCCOc1ccc(/C(S)=C(/S)c2ccc(OCCCCCCCCCCCC)cc2)cc1. The average molecular weight is 613 g/mol. The van der Waals surface area contributed by atoms with Crippen molar-refractivity contribution in [1.82, 2.24) is 0 Å². The molecule has 0 aromatic heterocycles. The van der Waals surface area contributed by atoms with Gasteiger partial charge in [0.1, 0.15) is 11.5 Å². The van der Waals surface area contributed by atoms with Crippen molar-refractivity contribution in [2.24, 2.45) is 0 Å². The van der Waals surface area contributed by atoms with Crippen molar-refractivity contribution in [2.75, 3.05) is 13.2 Å². The molecular formula is C38H60O2S2. The summed E-state index contributed by atoms with van der Waals surface area (Å²) in [5.41, 5.74) is 2.08. The Hall–Kier alpha value is -1.52. The Balaban J connectivity index is 1.61. The molecule has 0 unspecified atom stereocenters. The first-order valence-electron chi connectivity index (χ1n) is 17.2. The van der Waals surface area contributed by atoms with E-state index in [2.05, 4.69) is 38.1 Å². The zero-order chi connectivity index (χ0) is 30.1. The number of ether oxygens (including phenoxy) is 2. The molecule has 0 heterocycles. The number of benzene rings is 2. The van der Waals surface area contributed by atoms with Crippen LogP contribution < -0.4 is 9.47 Å². The van der Waals surface area contributed by atoms with Crippen LogP contribution in [-0.2, 0) is 0 Å². The van der Waals surface area contributed by atoms with Crippen LogP contribution in [0.2, 0.25) is 0 Å². The molecular weight excluding hydrogens is 553 g/mol. The third-order valence-corrected chi connectivity index (χ3v) is 9.15. The average Bonchev–Trinajstić information content (AvgIpc) is 3.02. The van der Waals surface area contributed by atoms with Gasteiger partial charge in [-0.2, -0.15) is 0 Å². The van der Waals surface area contributed by atoms with Gasteiger partial charge < -0.3 is 9.47 Å². The van der Waals surface area contributed by atoms with Gasteiger partial charge in [0.15, 0.2) is 0 Å². The highest BCUT2D eigenvalue weighted by molar-refractivity contribution is 7.96. The van der Waals surface area contributed by atoms with Gasteiger partial charge in [-0.25, -0.2) is 0 Å². The predicted molar refractivity (Wildman–Crippen MR) is 192 cm³/mol. The van der Waals surface area contributed by atoms with Gasteiger partial charge >= 0.3 is 0 Å². The summed E-state index contributed by atoms with van der Waals surface area (Å²) in [6, 6.07) is 16.4. The molecule has 2 aromatic rings. The molecule has 0 aliphatic rings. The predicted octanol–water partition coefficient (Wildman–Crippen LogP) is 13.0. The molecule has 0 aliphatic carbocycles. The van der Waals surface area contributed by atoms with Crippen molar-refractivity contribution < 1.29 is 9.47 Å². The molecule has 0 aliphatic heterocycles. The van der Waals surface area contributed by atoms with E-state index in [0.717, 1.165) is 58.5 Å². The van der Waals surface area contributed by atoms with Crippen LogP contribution in [0.1, 0.15) is 153 Å². The Bertz CT molecular complexity index is 859. The first-order valence-corrected chi connectivity index (χ1v) is 18.1. The molecule has 42 heavy (non-hydrogen) atoms. The summed E-state index contributed by atoms with van der Waals surface area (Å²) < 4.78 is 12.0. The number of rotatable bonds is 26. The van der Waals surface area contributed by atoms with Crippen molar-refractivity contribution in [1.29, 1.82) is 0 Å². The summed E-state index contributed by atoms with van der Waals surface area (Å²) in [6.07, 6.45) is 26.8. The summed E-state index contributed by atoms with van der Waals surface area (Å²) in [6.45, 7) is 6.12. The van der Waals surface area contributed by atoms with Crippen LogP contribution in [-0.4, -0.2) is 13.2 Å². The standard InChI is InChI=1S/C38H60O2S2/c1-3-5-7-9-11-13-15-17-19-21-31-39-35-27-23-33(24-28-35)37(41)38(42)34-25-29-36(30-26-34)40-32-22-20-18-16-14-12-10-8-6-4-2/h23-30,41-42H,3-22,31-32H2,1-2H3/b38-37-. The molecule has 2 aromatic carbocycles. The van der Waals surface area contributed by atoms with E-state index in [1.54, 1.807) is 0 Å². The molecule has 4 heteroatoms. The first-order chi connectivity index (χ1) is 20.7. The van der Waals surface area contributed by atoms with Gasteiger partial charge in [-0.15, -0.1) is 25.3 Å². The van der Waals surface area contributed by atoms with Crippen molar-refractivity contribution >= 4 is 35.1 Å². The van der Waals surface area contributed by atoms with E-state index in [4.69, 9.17) is 34.7 Å². The Morgan fingerprint density at radius 2 is 0.667 bits per heavy atom. The maximum absolute atomic E-state index is 5.98. The monoisotopic (exact) mass is 612 g/mol. The Labute approximate surface area is 270 Å². The quantitative estimate of drug-likeness (QED) is 0.0625. The van der Waals surface area contributed by atoms with Crippen molar-refractivity contribution in [2.45, 2.75) is 142 Å². The lowest BCUT2D eigenvalue weighted by molar-refractivity contribution is 0.304. The highest BCUT2D eigenvalue weighted by atomic mass is 32.1. The van der Waals surface area contributed by atoms with Crippen LogP contribution in [0.3, 0.4) is 0 Å². The molecule has 0 saturated heterocycles. The van der Waals surface area contributed by atoms with E-state index in [1.165, 1.54) is 116 Å². The Kier molecular flexibility index (Phi) is 21.7. The summed E-state index contributed by atoms with van der Waals surface area (Å²) in [7, 11) is 0. The van der Waals surface area contributed by atoms with Crippen LogP contribution in [0, 0.1) is 0 Å². The van der Waals surface area contributed by atoms with Gasteiger partial charge in [0.25, 0.3) is 0 Å². The fourth-order valence-electron chi connectivity index (χ4n) is 5.25. The van der Waals surface area contributed by atoms with Crippen LogP contribution in [0.15, 0.2) is 48.5 Å². The Morgan fingerprint density at radius 3 is 0.952 bits per heavy atom. The molecule has 0 N–H and O–H groups in total. The van der Waals surface area contributed by atoms with E-state index in [-0.39, 0.29) is 0 Å². The number of thiol groups is 2.